The van der Waals surface area contributed by atoms with Crippen molar-refractivity contribution >= 4 is 11.9 Å². The summed E-state index contributed by atoms with van der Waals surface area (Å²) >= 11 is 0. The number of hydrogen-bond acceptors (Lipinski definition) is 5. The molecule has 7 nitrogen and oxygen atoms in total. The fraction of sp³-hybridized carbons (Fsp3) is 0.174. The molecule has 0 radical (unpaired) electrons. The van der Waals surface area contributed by atoms with E-state index in [2.05, 4.69) is 10.3 Å². The van der Waals surface area contributed by atoms with E-state index < -0.39 is 17.9 Å². The van der Waals surface area contributed by atoms with Crippen LogP contribution in [0.5, 0.6) is 11.5 Å². The van der Waals surface area contributed by atoms with E-state index in [-0.39, 0.29) is 13.0 Å². The van der Waals surface area contributed by atoms with E-state index in [4.69, 9.17) is 9.47 Å². The largest absolute Gasteiger partial charge is 0.489 e. The van der Waals surface area contributed by atoms with Crippen molar-refractivity contribution in [1.82, 2.24) is 10.3 Å². The number of amides is 1. The van der Waals surface area contributed by atoms with E-state index >= 15 is 0 Å². The Bertz CT molecular complexity index is 946. The Balaban J connectivity index is 1.50. The molecule has 3 rings (SSSR count). The summed E-state index contributed by atoms with van der Waals surface area (Å²) in [6.07, 6.45) is 3.21. The molecule has 7 heteroatoms. The van der Waals surface area contributed by atoms with E-state index in [0.29, 0.717) is 18.1 Å². The zero-order valence-electron chi connectivity index (χ0n) is 16.2. The molecule has 1 atom stereocenters. The van der Waals surface area contributed by atoms with Gasteiger partial charge in [-0.1, -0.05) is 42.5 Å². The molecule has 0 fully saturated rings. The predicted octanol–water partition coefficient (Wildman–Crippen LogP) is 2.85. The van der Waals surface area contributed by atoms with E-state index in [1.807, 2.05) is 30.3 Å². The molecule has 2 N–H and O–H groups in total. The maximum atomic E-state index is 12.1. The monoisotopic (exact) mass is 406 g/mol. The second kappa shape index (κ2) is 10.6. The number of carboxylic acids is 1. The number of nitrogens with zero attached hydrogens (tertiary/aromatic N) is 1. The summed E-state index contributed by atoms with van der Waals surface area (Å²) < 4.78 is 11.0. The van der Waals surface area contributed by atoms with Crippen molar-refractivity contribution in [2.24, 2.45) is 0 Å². The van der Waals surface area contributed by atoms with Crippen molar-refractivity contribution in [3.63, 3.8) is 0 Å². The number of carboxylic acid groups (broad SMARTS) is 1. The summed E-state index contributed by atoms with van der Waals surface area (Å²) in [5.74, 6) is -0.516. The smallest absolute Gasteiger partial charge is 0.326 e. The molecule has 1 amide bonds. The van der Waals surface area contributed by atoms with Gasteiger partial charge in [0, 0.05) is 12.6 Å². The Hall–Kier alpha value is -3.87. The van der Waals surface area contributed by atoms with E-state index in [0.717, 1.165) is 11.1 Å². The lowest BCUT2D eigenvalue weighted by Gasteiger charge is -2.15. The summed E-state index contributed by atoms with van der Waals surface area (Å²) in [6, 6.07) is 19.2. The van der Waals surface area contributed by atoms with Gasteiger partial charge >= 0.3 is 5.97 Å². The van der Waals surface area contributed by atoms with Gasteiger partial charge < -0.3 is 19.9 Å². The van der Waals surface area contributed by atoms with Gasteiger partial charge in [-0.15, -0.1) is 0 Å². The Morgan fingerprint density at radius 3 is 2.33 bits per heavy atom. The molecule has 3 aromatic rings. The second-order valence-corrected chi connectivity index (χ2v) is 6.56. The van der Waals surface area contributed by atoms with Crippen LogP contribution < -0.4 is 14.8 Å². The lowest BCUT2D eigenvalue weighted by Crippen LogP contribution is -2.44. The standard InChI is InChI=1S/C23H22N2O5/c26-22(16-30-20-7-4-12-24-14-20)25-21(23(27)28)13-17-8-10-19(11-9-17)29-15-18-5-2-1-3-6-18/h1-12,14,21H,13,15-16H2,(H,25,26)(H,27,28)/t21-/m0/s1. The minimum atomic E-state index is -1.12. The molecule has 0 aliphatic rings. The number of carbonyl (C=O) groups excluding carboxylic acids is 1. The topological polar surface area (TPSA) is 97.8 Å². The molecule has 0 bridgehead atoms. The van der Waals surface area contributed by atoms with Crippen molar-refractivity contribution in [3.05, 3.63) is 90.3 Å². The first kappa shape index (κ1) is 20.9. The second-order valence-electron chi connectivity index (χ2n) is 6.56. The van der Waals surface area contributed by atoms with Gasteiger partial charge in [-0.25, -0.2) is 4.79 Å². The van der Waals surface area contributed by atoms with Gasteiger partial charge in [-0.3, -0.25) is 9.78 Å². The minimum Gasteiger partial charge on any atom is -0.489 e. The van der Waals surface area contributed by atoms with Crippen LogP contribution in [0.15, 0.2) is 79.1 Å². The van der Waals surface area contributed by atoms with Gasteiger partial charge in [0.2, 0.25) is 0 Å². The summed E-state index contributed by atoms with van der Waals surface area (Å²) in [7, 11) is 0. The first-order valence-corrected chi connectivity index (χ1v) is 9.41. The molecule has 0 unspecified atom stereocenters. The fourth-order valence-electron chi connectivity index (χ4n) is 2.72. The number of aromatic nitrogens is 1. The van der Waals surface area contributed by atoms with Crippen molar-refractivity contribution in [2.45, 2.75) is 19.1 Å². The van der Waals surface area contributed by atoms with Crippen LogP contribution in [0.1, 0.15) is 11.1 Å². The highest BCUT2D eigenvalue weighted by atomic mass is 16.5. The molecule has 0 saturated carbocycles. The van der Waals surface area contributed by atoms with Gasteiger partial charge in [0.05, 0.1) is 6.20 Å². The van der Waals surface area contributed by atoms with Crippen LogP contribution in [-0.2, 0) is 22.6 Å². The predicted molar refractivity (Wildman–Crippen MR) is 110 cm³/mol. The SMILES string of the molecule is O=C(COc1cccnc1)N[C@@H](Cc1ccc(OCc2ccccc2)cc1)C(=O)O. The lowest BCUT2D eigenvalue weighted by molar-refractivity contribution is -0.142. The number of ether oxygens (including phenoxy) is 2. The zero-order chi connectivity index (χ0) is 21.2. The van der Waals surface area contributed by atoms with Crippen molar-refractivity contribution in [3.8, 4) is 11.5 Å². The van der Waals surface area contributed by atoms with E-state index in [1.165, 1.54) is 6.20 Å². The highest BCUT2D eigenvalue weighted by Crippen LogP contribution is 2.15. The van der Waals surface area contributed by atoms with Crippen LogP contribution in [0.2, 0.25) is 0 Å². The summed E-state index contributed by atoms with van der Waals surface area (Å²) in [6.45, 7) is 0.159. The highest BCUT2D eigenvalue weighted by molar-refractivity contribution is 5.84. The molecule has 0 saturated heterocycles. The maximum Gasteiger partial charge on any atom is 0.326 e. The van der Waals surface area contributed by atoms with E-state index in [9.17, 15) is 14.7 Å². The Morgan fingerprint density at radius 1 is 0.900 bits per heavy atom. The number of benzene rings is 2. The lowest BCUT2D eigenvalue weighted by atomic mass is 10.1. The third-order valence-electron chi connectivity index (χ3n) is 4.25. The van der Waals surface area contributed by atoms with Crippen molar-refractivity contribution in [2.75, 3.05) is 6.61 Å². The van der Waals surface area contributed by atoms with Crippen molar-refractivity contribution < 1.29 is 24.2 Å². The maximum absolute atomic E-state index is 12.1. The number of hydrogen-bond donors (Lipinski definition) is 2. The van der Waals surface area contributed by atoms with Crippen LogP contribution in [-0.4, -0.2) is 34.6 Å². The Morgan fingerprint density at radius 2 is 1.67 bits per heavy atom. The van der Waals surface area contributed by atoms with Crippen LogP contribution >= 0.6 is 0 Å². The number of pyridine rings is 1. The van der Waals surface area contributed by atoms with Gasteiger partial charge in [0.1, 0.15) is 24.1 Å². The quantitative estimate of drug-likeness (QED) is 0.537. The first-order valence-electron chi connectivity index (χ1n) is 9.41. The average Bonchev–Trinajstić information content (AvgIpc) is 2.78. The van der Waals surface area contributed by atoms with Crippen LogP contribution in [0, 0.1) is 0 Å². The third kappa shape index (κ3) is 6.63. The third-order valence-corrected chi connectivity index (χ3v) is 4.25. The molecule has 0 aliphatic carbocycles. The van der Waals surface area contributed by atoms with Crippen LogP contribution in [0.4, 0.5) is 0 Å². The van der Waals surface area contributed by atoms with Crippen LogP contribution in [0.3, 0.4) is 0 Å². The molecular formula is C23H22N2O5. The van der Waals surface area contributed by atoms with Gasteiger partial charge in [0.25, 0.3) is 5.91 Å². The summed E-state index contributed by atoms with van der Waals surface area (Å²) in [5.41, 5.74) is 1.83. The summed E-state index contributed by atoms with van der Waals surface area (Å²) in [4.78, 5) is 27.5. The molecule has 0 aliphatic heterocycles. The number of rotatable bonds is 10. The molecule has 30 heavy (non-hydrogen) atoms. The minimum absolute atomic E-state index is 0.146. The van der Waals surface area contributed by atoms with E-state index in [1.54, 1.807) is 42.6 Å². The van der Waals surface area contributed by atoms with Crippen LogP contribution in [0.25, 0.3) is 0 Å². The van der Waals surface area contributed by atoms with Gasteiger partial charge in [-0.2, -0.15) is 0 Å². The van der Waals surface area contributed by atoms with Gasteiger partial charge in [0.15, 0.2) is 6.61 Å². The molecule has 1 heterocycles. The number of carbonyl (C=O) groups is 2. The average molecular weight is 406 g/mol. The first-order chi connectivity index (χ1) is 14.6. The molecule has 154 valence electrons. The molecule has 0 spiro atoms. The van der Waals surface area contributed by atoms with Crippen molar-refractivity contribution in [1.29, 1.82) is 0 Å². The zero-order valence-corrected chi connectivity index (χ0v) is 16.2. The molecule has 2 aromatic carbocycles. The molecule has 1 aromatic heterocycles. The fourth-order valence-corrected chi connectivity index (χ4v) is 2.72. The highest BCUT2D eigenvalue weighted by Gasteiger charge is 2.20. The normalized spacial score (nSPS) is 11.3. The Kier molecular flexibility index (Phi) is 7.38. The number of aliphatic carboxylic acids is 1. The summed E-state index contributed by atoms with van der Waals surface area (Å²) in [5, 5.41) is 11.9. The number of nitrogens with one attached hydrogen (secondary N) is 1. The van der Waals surface area contributed by atoms with Gasteiger partial charge in [-0.05, 0) is 35.4 Å². The molecular weight excluding hydrogens is 384 g/mol. The Labute approximate surface area is 174 Å².